The number of benzene rings is 3. The molecule has 0 heterocycles. The van der Waals surface area contributed by atoms with Crippen LogP contribution in [0.1, 0.15) is 32.6 Å². The van der Waals surface area contributed by atoms with Crippen molar-refractivity contribution < 1.29 is 19.1 Å². The number of carbonyl (C=O) groups excluding carboxylic acids is 2. The Morgan fingerprint density at radius 3 is 1.69 bits per heavy atom. The topological polar surface area (TPSA) is 52.6 Å². The van der Waals surface area contributed by atoms with Crippen LogP contribution in [-0.4, -0.2) is 18.9 Å². The minimum absolute atomic E-state index is 0.144. The maximum Gasteiger partial charge on any atom is 0.311 e. The molecule has 134 valence electrons. The van der Waals surface area contributed by atoms with Gasteiger partial charge in [-0.05, 0) is 19.8 Å². The van der Waals surface area contributed by atoms with Crippen LogP contribution in [0.15, 0.2) is 48.5 Å². The van der Waals surface area contributed by atoms with E-state index in [0.717, 1.165) is 27.3 Å². The molecule has 0 amide bonds. The number of ether oxygens (including phenoxy) is 2. The second-order valence-corrected chi connectivity index (χ2v) is 6.34. The van der Waals surface area contributed by atoms with Gasteiger partial charge in [-0.1, -0.05) is 48.5 Å². The summed E-state index contributed by atoms with van der Waals surface area (Å²) in [5, 5.41) is 3.52. The molecule has 0 unspecified atom stereocenters. The van der Waals surface area contributed by atoms with Crippen molar-refractivity contribution in [3.05, 3.63) is 48.5 Å². The number of hydrogen-bond donors (Lipinski definition) is 0. The van der Waals surface area contributed by atoms with Crippen molar-refractivity contribution in [2.24, 2.45) is 0 Å². The van der Waals surface area contributed by atoms with E-state index in [4.69, 9.17) is 9.47 Å². The number of Topliss-reactive ketones (excluding diaryl/α,β-unsaturated/α-hetero) is 1. The maximum absolute atomic E-state index is 12.4. The van der Waals surface area contributed by atoms with Gasteiger partial charge in [0.2, 0.25) is 0 Å². The molecule has 0 aromatic heterocycles. The largest absolute Gasteiger partial charge is 0.495 e. The van der Waals surface area contributed by atoms with Crippen molar-refractivity contribution in [1.82, 2.24) is 0 Å². The van der Waals surface area contributed by atoms with E-state index in [0.29, 0.717) is 31.4 Å². The number of fused-ring (bicyclic) bond motifs is 2. The van der Waals surface area contributed by atoms with E-state index in [-0.39, 0.29) is 11.8 Å². The second kappa shape index (κ2) is 8.00. The average Bonchev–Trinajstić information content (AvgIpc) is 2.65. The SMILES string of the molecule is COc1c2ccccc2c(OC(=O)CCCCC(C)=O)c2ccccc12. The molecule has 3 rings (SSSR count). The summed E-state index contributed by atoms with van der Waals surface area (Å²) in [7, 11) is 1.65. The van der Waals surface area contributed by atoms with Gasteiger partial charge in [0.1, 0.15) is 17.3 Å². The molecule has 0 aliphatic rings. The number of unbranched alkanes of at least 4 members (excludes halogenated alkanes) is 1. The van der Waals surface area contributed by atoms with E-state index in [1.165, 1.54) is 0 Å². The Morgan fingerprint density at radius 1 is 0.769 bits per heavy atom. The molecule has 4 nitrogen and oxygen atoms in total. The highest BCUT2D eigenvalue weighted by molar-refractivity contribution is 6.11. The molecule has 3 aromatic carbocycles. The second-order valence-electron chi connectivity index (χ2n) is 6.34. The van der Waals surface area contributed by atoms with Gasteiger partial charge in [-0.25, -0.2) is 0 Å². The summed E-state index contributed by atoms with van der Waals surface area (Å²) >= 11 is 0. The standard InChI is InChI=1S/C22H22O4/c1-15(23)9-3-8-14-20(24)26-22-18-12-6-4-10-16(18)21(25-2)17-11-5-7-13-19(17)22/h4-7,10-13H,3,8-9,14H2,1-2H3. The lowest BCUT2D eigenvalue weighted by Gasteiger charge is -2.15. The van der Waals surface area contributed by atoms with Crippen LogP contribution in [0.3, 0.4) is 0 Å². The summed E-state index contributed by atoms with van der Waals surface area (Å²) in [6, 6.07) is 15.5. The van der Waals surface area contributed by atoms with Crippen LogP contribution in [0.4, 0.5) is 0 Å². The quantitative estimate of drug-likeness (QED) is 0.259. The highest BCUT2D eigenvalue weighted by Crippen LogP contribution is 2.42. The molecule has 0 atom stereocenters. The fourth-order valence-corrected chi connectivity index (χ4v) is 3.19. The zero-order valence-electron chi connectivity index (χ0n) is 15.1. The fraction of sp³-hybridized carbons (Fsp3) is 0.273. The van der Waals surface area contributed by atoms with Gasteiger partial charge in [0.25, 0.3) is 0 Å². The Hall–Kier alpha value is -2.88. The van der Waals surface area contributed by atoms with Gasteiger partial charge in [0.15, 0.2) is 0 Å². The summed E-state index contributed by atoms with van der Waals surface area (Å²) in [5.41, 5.74) is 0. The van der Waals surface area contributed by atoms with Crippen molar-refractivity contribution in [2.45, 2.75) is 32.6 Å². The molecule has 0 saturated carbocycles. The lowest BCUT2D eigenvalue weighted by molar-refractivity contribution is -0.134. The van der Waals surface area contributed by atoms with Crippen LogP contribution in [0.2, 0.25) is 0 Å². The van der Waals surface area contributed by atoms with Crippen LogP contribution in [0, 0.1) is 0 Å². The molecule has 0 aliphatic carbocycles. The van der Waals surface area contributed by atoms with Crippen LogP contribution < -0.4 is 9.47 Å². The molecule has 0 bridgehead atoms. The predicted molar refractivity (Wildman–Crippen MR) is 103 cm³/mol. The first-order valence-electron chi connectivity index (χ1n) is 8.79. The summed E-state index contributed by atoms with van der Waals surface area (Å²) in [6.07, 6.45) is 2.14. The highest BCUT2D eigenvalue weighted by atomic mass is 16.5. The van der Waals surface area contributed by atoms with Gasteiger partial charge in [-0.15, -0.1) is 0 Å². The molecular formula is C22H22O4. The zero-order valence-corrected chi connectivity index (χ0v) is 15.1. The fourth-order valence-electron chi connectivity index (χ4n) is 3.19. The summed E-state index contributed by atoms with van der Waals surface area (Å²) in [6.45, 7) is 1.56. The van der Waals surface area contributed by atoms with Crippen LogP contribution in [0.25, 0.3) is 21.5 Å². The van der Waals surface area contributed by atoms with Gasteiger partial charge >= 0.3 is 5.97 Å². The molecule has 4 heteroatoms. The van der Waals surface area contributed by atoms with E-state index in [1.807, 2.05) is 48.5 Å². The summed E-state index contributed by atoms with van der Waals surface area (Å²) < 4.78 is 11.4. The number of rotatable bonds is 7. The Morgan fingerprint density at radius 2 is 1.23 bits per heavy atom. The first-order chi connectivity index (χ1) is 12.6. The predicted octanol–water partition coefficient (Wildman–Crippen LogP) is 5.06. The van der Waals surface area contributed by atoms with Gasteiger partial charge in [-0.2, -0.15) is 0 Å². The van der Waals surface area contributed by atoms with E-state index < -0.39 is 0 Å². The van der Waals surface area contributed by atoms with Crippen LogP contribution in [0.5, 0.6) is 11.5 Å². The molecule has 0 saturated heterocycles. The van der Waals surface area contributed by atoms with E-state index >= 15 is 0 Å². The zero-order chi connectivity index (χ0) is 18.5. The first kappa shape index (κ1) is 17.9. The molecular weight excluding hydrogens is 328 g/mol. The molecule has 0 radical (unpaired) electrons. The average molecular weight is 350 g/mol. The molecule has 0 spiro atoms. The summed E-state index contributed by atoms with van der Waals surface area (Å²) in [5.74, 6) is 1.20. The lowest BCUT2D eigenvalue weighted by atomic mass is 10.0. The molecule has 0 aliphatic heterocycles. The van der Waals surface area contributed by atoms with Gasteiger partial charge < -0.3 is 14.3 Å². The normalized spacial score (nSPS) is 10.8. The van der Waals surface area contributed by atoms with Crippen molar-refractivity contribution in [3.8, 4) is 11.5 Å². The summed E-state index contributed by atoms with van der Waals surface area (Å²) in [4.78, 5) is 23.4. The number of esters is 1. The lowest BCUT2D eigenvalue weighted by Crippen LogP contribution is -2.09. The Bertz CT molecular complexity index is 902. The maximum atomic E-state index is 12.4. The Kier molecular flexibility index (Phi) is 5.52. The van der Waals surface area contributed by atoms with Gasteiger partial charge in [0, 0.05) is 34.4 Å². The molecule has 26 heavy (non-hydrogen) atoms. The van der Waals surface area contributed by atoms with Crippen molar-refractivity contribution in [3.63, 3.8) is 0 Å². The van der Waals surface area contributed by atoms with Crippen molar-refractivity contribution in [2.75, 3.05) is 7.11 Å². The third-order valence-corrected chi connectivity index (χ3v) is 4.41. The minimum Gasteiger partial charge on any atom is -0.495 e. The van der Waals surface area contributed by atoms with Crippen LogP contribution >= 0.6 is 0 Å². The van der Waals surface area contributed by atoms with Gasteiger partial charge in [0.05, 0.1) is 7.11 Å². The number of hydrogen-bond acceptors (Lipinski definition) is 4. The molecule has 3 aromatic rings. The van der Waals surface area contributed by atoms with E-state index in [1.54, 1.807) is 14.0 Å². The molecule has 0 N–H and O–H groups in total. The minimum atomic E-state index is -0.283. The Labute approximate surface area is 152 Å². The third kappa shape index (κ3) is 3.69. The molecule has 0 fully saturated rings. The smallest absolute Gasteiger partial charge is 0.311 e. The highest BCUT2D eigenvalue weighted by Gasteiger charge is 2.17. The monoisotopic (exact) mass is 350 g/mol. The number of ketones is 1. The Balaban J connectivity index is 1.96. The van der Waals surface area contributed by atoms with Gasteiger partial charge in [-0.3, -0.25) is 4.79 Å². The van der Waals surface area contributed by atoms with E-state index in [9.17, 15) is 9.59 Å². The number of methoxy groups -OCH3 is 1. The van der Waals surface area contributed by atoms with Crippen LogP contribution in [-0.2, 0) is 9.59 Å². The van der Waals surface area contributed by atoms with Crippen molar-refractivity contribution in [1.29, 1.82) is 0 Å². The third-order valence-electron chi connectivity index (χ3n) is 4.41. The first-order valence-corrected chi connectivity index (χ1v) is 8.79. The number of carbonyl (C=O) groups is 2. The van der Waals surface area contributed by atoms with E-state index in [2.05, 4.69) is 0 Å². The van der Waals surface area contributed by atoms with Crippen molar-refractivity contribution >= 4 is 33.3 Å².